The minimum Gasteiger partial charge on any atom is -0.342 e. The maximum absolute atomic E-state index is 11.8. The molecule has 1 aliphatic rings. The Hall–Kier alpha value is -0.620. The fourth-order valence-electron chi connectivity index (χ4n) is 1.98. The lowest BCUT2D eigenvalue weighted by Gasteiger charge is -2.26. The Morgan fingerprint density at radius 2 is 1.88 bits per heavy atom. The highest BCUT2D eigenvalue weighted by molar-refractivity contribution is 7.92. The summed E-state index contributed by atoms with van der Waals surface area (Å²) in [6, 6.07) is 0. The molecule has 0 aromatic heterocycles. The molecule has 1 saturated heterocycles. The molecule has 0 spiro atoms. The molecule has 2 N–H and O–H groups in total. The van der Waals surface area contributed by atoms with Crippen molar-refractivity contribution in [2.45, 2.75) is 26.2 Å². The quantitative estimate of drug-likeness (QED) is 0.756. The zero-order valence-electron chi connectivity index (χ0n) is 10.4. The molecule has 5 nitrogen and oxygen atoms in total. The van der Waals surface area contributed by atoms with Crippen molar-refractivity contribution in [2.75, 3.05) is 31.1 Å². The first-order valence-electron chi connectivity index (χ1n) is 6.13. The summed E-state index contributed by atoms with van der Waals surface area (Å²) in [7, 11) is -3.31. The van der Waals surface area contributed by atoms with Crippen LogP contribution in [0.5, 0.6) is 0 Å². The second kappa shape index (κ2) is 6.35. The lowest BCUT2D eigenvalue weighted by Crippen LogP contribution is -2.40. The third-order valence-corrected chi connectivity index (χ3v) is 4.76. The Bertz CT molecular complexity index is 348. The van der Waals surface area contributed by atoms with E-state index in [0.717, 1.165) is 19.3 Å². The molecule has 1 atom stereocenters. The third-order valence-electron chi connectivity index (χ3n) is 2.99. The topological polar surface area (TPSA) is 80.5 Å². The lowest BCUT2D eigenvalue weighted by molar-refractivity contribution is -0.129. The van der Waals surface area contributed by atoms with Gasteiger partial charge in [-0.15, -0.1) is 0 Å². The summed E-state index contributed by atoms with van der Waals surface area (Å²) in [6.45, 7) is 3.50. The van der Waals surface area contributed by atoms with Crippen LogP contribution in [0, 0.1) is 5.92 Å². The van der Waals surface area contributed by atoms with Gasteiger partial charge in [-0.25, -0.2) is 8.42 Å². The molecule has 1 fully saturated rings. The maximum atomic E-state index is 11.8. The first-order chi connectivity index (χ1) is 7.94. The minimum absolute atomic E-state index is 0.00306. The molecule has 0 aliphatic carbocycles. The smallest absolute Gasteiger partial charge is 0.237 e. The molecule has 0 aromatic carbocycles. The predicted octanol–water partition coefficient (Wildman–Crippen LogP) is 0.00850. The summed E-state index contributed by atoms with van der Waals surface area (Å²) in [5.74, 6) is -0.705. The van der Waals surface area contributed by atoms with Crippen LogP contribution in [0.3, 0.4) is 0 Å². The highest BCUT2D eigenvalue weighted by atomic mass is 32.2. The van der Waals surface area contributed by atoms with Gasteiger partial charge in [-0.05, 0) is 31.7 Å². The number of sulfone groups is 1. The summed E-state index contributed by atoms with van der Waals surface area (Å²) < 4.78 is 23.5. The van der Waals surface area contributed by atoms with Crippen molar-refractivity contribution in [3.05, 3.63) is 0 Å². The highest BCUT2D eigenvalue weighted by Crippen LogP contribution is 2.10. The van der Waals surface area contributed by atoms with Gasteiger partial charge in [0.15, 0.2) is 9.84 Å². The van der Waals surface area contributed by atoms with Crippen LogP contribution in [0.15, 0.2) is 0 Å². The molecular weight excluding hydrogens is 240 g/mol. The molecule has 1 heterocycles. The van der Waals surface area contributed by atoms with Crippen LogP contribution in [0.2, 0.25) is 0 Å². The van der Waals surface area contributed by atoms with Crippen molar-refractivity contribution < 1.29 is 13.2 Å². The lowest BCUT2D eigenvalue weighted by atomic mass is 10.1. The number of amides is 1. The van der Waals surface area contributed by atoms with E-state index >= 15 is 0 Å². The van der Waals surface area contributed by atoms with Gasteiger partial charge in [0.2, 0.25) is 5.91 Å². The highest BCUT2D eigenvalue weighted by Gasteiger charge is 2.24. The Kier molecular flexibility index (Phi) is 5.39. The largest absolute Gasteiger partial charge is 0.342 e. The van der Waals surface area contributed by atoms with E-state index in [1.54, 1.807) is 11.8 Å². The Labute approximate surface area is 103 Å². The fourth-order valence-corrected chi connectivity index (χ4v) is 3.66. The Balaban J connectivity index is 2.48. The van der Waals surface area contributed by atoms with Gasteiger partial charge in [0.25, 0.3) is 0 Å². The van der Waals surface area contributed by atoms with Crippen LogP contribution >= 0.6 is 0 Å². The number of carbonyl (C=O) groups is 1. The molecule has 0 saturated carbocycles. The molecule has 0 radical (unpaired) electrons. The number of hydrogen-bond donors (Lipinski definition) is 1. The van der Waals surface area contributed by atoms with E-state index in [4.69, 9.17) is 5.73 Å². The van der Waals surface area contributed by atoms with Gasteiger partial charge in [0, 0.05) is 13.1 Å². The van der Waals surface area contributed by atoms with Gasteiger partial charge < -0.3 is 10.6 Å². The standard InChI is InChI=1S/C11H22N2O3S/c1-10(7-12)8-17(15,16)9-11(14)13-5-3-2-4-6-13/h10H,2-9,12H2,1H3. The van der Waals surface area contributed by atoms with Gasteiger partial charge in [-0.2, -0.15) is 0 Å². The predicted molar refractivity (Wildman–Crippen MR) is 67.3 cm³/mol. The van der Waals surface area contributed by atoms with Crippen LogP contribution in [-0.4, -0.2) is 50.4 Å². The molecule has 1 amide bonds. The van der Waals surface area contributed by atoms with Crippen molar-refractivity contribution >= 4 is 15.7 Å². The second-order valence-electron chi connectivity index (χ2n) is 4.84. The summed E-state index contributed by atoms with van der Waals surface area (Å²) in [5.41, 5.74) is 5.39. The minimum atomic E-state index is -3.31. The van der Waals surface area contributed by atoms with E-state index in [2.05, 4.69) is 0 Å². The number of rotatable bonds is 5. The second-order valence-corrected chi connectivity index (χ2v) is 6.95. The van der Waals surface area contributed by atoms with Crippen molar-refractivity contribution in [3.63, 3.8) is 0 Å². The maximum Gasteiger partial charge on any atom is 0.237 e. The molecule has 100 valence electrons. The zero-order chi connectivity index (χ0) is 12.9. The van der Waals surface area contributed by atoms with Crippen molar-refractivity contribution in [3.8, 4) is 0 Å². The van der Waals surface area contributed by atoms with Gasteiger partial charge >= 0.3 is 0 Å². The van der Waals surface area contributed by atoms with Crippen molar-refractivity contribution in [1.82, 2.24) is 4.90 Å². The summed E-state index contributed by atoms with van der Waals surface area (Å²) in [6.07, 6.45) is 3.08. The molecule has 17 heavy (non-hydrogen) atoms. The van der Waals surface area contributed by atoms with E-state index in [0.29, 0.717) is 19.6 Å². The van der Waals surface area contributed by atoms with E-state index in [9.17, 15) is 13.2 Å². The molecule has 1 aliphatic heterocycles. The van der Waals surface area contributed by atoms with E-state index in [1.807, 2.05) is 0 Å². The summed E-state index contributed by atoms with van der Waals surface area (Å²) in [4.78, 5) is 13.5. The van der Waals surface area contributed by atoms with Gasteiger partial charge in [0.05, 0.1) is 5.75 Å². The van der Waals surface area contributed by atoms with Crippen molar-refractivity contribution in [2.24, 2.45) is 11.7 Å². The van der Waals surface area contributed by atoms with Crippen LogP contribution < -0.4 is 5.73 Å². The Morgan fingerprint density at radius 3 is 2.41 bits per heavy atom. The van der Waals surface area contributed by atoms with Crippen LogP contribution in [0.25, 0.3) is 0 Å². The van der Waals surface area contributed by atoms with E-state index in [-0.39, 0.29) is 23.3 Å². The number of hydrogen-bond acceptors (Lipinski definition) is 4. The number of carbonyl (C=O) groups excluding carboxylic acids is 1. The van der Waals surface area contributed by atoms with Crippen LogP contribution in [-0.2, 0) is 14.6 Å². The first kappa shape index (κ1) is 14.4. The number of nitrogens with two attached hydrogens (primary N) is 1. The molecular formula is C11H22N2O3S. The van der Waals surface area contributed by atoms with Gasteiger partial charge in [-0.3, -0.25) is 4.79 Å². The fraction of sp³-hybridized carbons (Fsp3) is 0.909. The van der Waals surface area contributed by atoms with Gasteiger partial charge in [-0.1, -0.05) is 6.92 Å². The summed E-state index contributed by atoms with van der Waals surface area (Å²) in [5, 5.41) is 0. The number of likely N-dealkylation sites (tertiary alicyclic amines) is 1. The molecule has 0 bridgehead atoms. The van der Waals surface area contributed by atoms with Crippen LogP contribution in [0.1, 0.15) is 26.2 Å². The number of nitrogens with zero attached hydrogens (tertiary/aromatic N) is 1. The first-order valence-corrected chi connectivity index (χ1v) is 7.95. The third kappa shape index (κ3) is 5.04. The molecule has 0 aromatic rings. The monoisotopic (exact) mass is 262 g/mol. The summed E-state index contributed by atoms with van der Waals surface area (Å²) >= 11 is 0. The SMILES string of the molecule is CC(CN)CS(=O)(=O)CC(=O)N1CCCCC1. The average molecular weight is 262 g/mol. The van der Waals surface area contributed by atoms with Crippen molar-refractivity contribution in [1.29, 1.82) is 0 Å². The molecule has 1 rings (SSSR count). The normalized spacial score (nSPS) is 19.1. The van der Waals surface area contributed by atoms with Crippen LogP contribution in [0.4, 0.5) is 0 Å². The zero-order valence-corrected chi connectivity index (χ0v) is 11.2. The average Bonchev–Trinajstić information content (AvgIpc) is 2.28. The number of piperidine rings is 1. The van der Waals surface area contributed by atoms with Gasteiger partial charge in [0.1, 0.15) is 5.75 Å². The Morgan fingerprint density at radius 1 is 1.29 bits per heavy atom. The van der Waals surface area contributed by atoms with E-state index in [1.165, 1.54) is 0 Å². The molecule has 6 heteroatoms. The van der Waals surface area contributed by atoms with E-state index < -0.39 is 9.84 Å². The molecule has 1 unspecified atom stereocenters.